The van der Waals surface area contributed by atoms with E-state index in [1.165, 1.54) is 12.1 Å². The van der Waals surface area contributed by atoms with Crippen molar-refractivity contribution in [2.45, 2.75) is 12.8 Å². The fourth-order valence-electron chi connectivity index (χ4n) is 2.70. The normalized spacial score (nSPS) is 19.4. The van der Waals surface area contributed by atoms with Crippen molar-refractivity contribution in [2.24, 2.45) is 0 Å². The summed E-state index contributed by atoms with van der Waals surface area (Å²) < 4.78 is 19.2. The zero-order chi connectivity index (χ0) is 14.8. The number of aldehydes is 1. The van der Waals surface area contributed by atoms with Gasteiger partial charge in [-0.25, -0.2) is 4.39 Å². The molecule has 0 N–H and O–H groups in total. The van der Waals surface area contributed by atoms with Gasteiger partial charge in [-0.15, -0.1) is 0 Å². The van der Waals surface area contributed by atoms with Crippen LogP contribution in [0.3, 0.4) is 0 Å². The number of benzene rings is 2. The molecule has 1 aliphatic heterocycles. The van der Waals surface area contributed by atoms with Crippen LogP contribution in [-0.4, -0.2) is 12.9 Å². The van der Waals surface area contributed by atoms with Gasteiger partial charge in [0, 0.05) is 5.56 Å². The first kappa shape index (κ1) is 13.6. The van der Waals surface area contributed by atoms with E-state index >= 15 is 0 Å². The molecule has 2 nitrogen and oxygen atoms in total. The van der Waals surface area contributed by atoms with Gasteiger partial charge in [0.2, 0.25) is 0 Å². The topological polar surface area (TPSA) is 26.3 Å². The van der Waals surface area contributed by atoms with Gasteiger partial charge in [0.1, 0.15) is 24.5 Å². The first-order valence-corrected chi connectivity index (χ1v) is 6.83. The average Bonchev–Trinajstić information content (AvgIpc) is 2.53. The van der Waals surface area contributed by atoms with Gasteiger partial charge in [-0.3, -0.25) is 0 Å². The second-order valence-corrected chi connectivity index (χ2v) is 5.10. The van der Waals surface area contributed by atoms with Crippen LogP contribution in [0.4, 0.5) is 4.39 Å². The standard InChI is InChI=1S/C18H15FO2/c1-12(13-5-3-2-4-6-13)17-11-21-18-8-7-14(19)9-15(18)16(17)10-20/h2-10,16H,11H2,1H3. The van der Waals surface area contributed by atoms with E-state index in [2.05, 4.69) is 0 Å². The van der Waals surface area contributed by atoms with Gasteiger partial charge in [-0.2, -0.15) is 0 Å². The molecule has 0 aliphatic carbocycles. The summed E-state index contributed by atoms with van der Waals surface area (Å²) in [5, 5.41) is 0. The Balaban J connectivity index is 2.11. The lowest BCUT2D eigenvalue weighted by atomic mass is 9.85. The van der Waals surface area contributed by atoms with Crippen LogP contribution in [0.15, 0.2) is 54.1 Å². The Labute approximate surface area is 122 Å². The van der Waals surface area contributed by atoms with Crippen molar-refractivity contribution in [2.75, 3.05) is 6.61 Å². The third-order valence-electron chi connectivity index (χ3n) is 3.89. The number of fused-ring (bicyclic) bond motifs is 1. The van der Waals surface area contributed by atoms with E-state index in [1.807, 2.05) is 37.3 Å². The van der Waals surface area contributed by atoms with Crippen molar-refractivity contribution in [3.05, 3.63) is 71.0 Å². The van der Waals surface area contributed by atoms with Gasteiger partial charge in [0.25, 0.3) is 0 Å². The van der Waals surface area contributed by atoms with Crippen molar-refractivity contribution in [3.8, 4) is 5.75 Å². The highest BCUT2D eigenvalue weighted by Crippen LogP contribution is 2.39. The number of ether oxygens (including phenoxy) is 1. The third-order valence-corrected chi connectivity index (χ3v) is 3.89. The summed E-state index contributed by atoms with van der Waals surface area (Å²) in [5.41, 5.74) is 3.53. The van der Waals surface area contributed by atoms with Gasteiger partial charge in [-0.1, -0.05) is 30.3 Å². The van der Waals surface area contributed by atoms with Crippen LogP contribution in [0.25, 0.3) is 5.57 Å². The molecular weight excluding hydrogens is 267 g/mol. The molecular formula is C18H15FO2. The lowest BCUT2D eigenvalue weighted by Crippen LogP contribution is -2.20. The number of carbonyl (C=O) groups excluding carboxylic acids is 1. The molecule has 0 spiro atoms. The van der Waals surface area contributed by atoms with Crippen molar-refractivity contribution < 1.29 is 13.9 Å². The van der Waals surface area contributed by atoms with Gasteiger partial charge in [0.05, 0.1) is 5.92 Å². The smallest absolute Gasteiger partial charge is 0.131 e. The zero-order valence-electron chi connectivity index (χ0n) is 11.7. The largest absolute Gasteiger partial charge is 0.489 e. The summed E-state index contributed by atoms with van der Waals surface area (Å²) in [5.74, 6) is -0.231. The molecule has 1 aliphatic rings. The Hall–Kier alpha value is -2.42. The molecule has 0 saturated carbocycles. The van der Waals surface area contributed by atoms with E-state index in [-0.39, 0.29) is 5.82 Å². The molecule has 1 heterocycles. The van der Waals surface area contributed by atoms with E-state index in [4.69, 9.17) is 4.74 Å². The van der Waals surface area contributed by atoms with Crippen molar-refractivity contribution in [1.82, 2.24) is 0 Å². The van der Waals surface area contributed by atoms with Crippen LogP contribution in [0, 0.1) is 5.82 Å². The molecule has 0 bridgehead atoms. The van der Waals surface area contributed by atoms with Gasteiger partial charge >= 0.3 is 0 Å². The Morgan fingerprint density at radius 3 is 2.71 bits per heavy atom. The number of carbonyl (C=O) groups is 1. The maximum atomic E-state index is 13.5. The molecule has 1 unspecified atom stereocenters. The fraction of sp³-hybridized carbons (Fsp3) is 0.167. The highest BCUT2D eigenvalue weighted by Gasteiger charge is 2.27. The lowest BCUT2D eigenvalue weighted by Gasteiger charge is -2.27. The molecule has 106 valence electrons. The summed E-state index contributed by atoms with van der Waals surface area (Å²) in [6.45, 7) is 2.32. The molecule has 0 aromatic heterocycles. The molecule has 2 aromatic rings. The molecule has 0 saturated heterocycles. The Morgan fingerprint density at radius 1 is 1.24 bits per heavy atom. The number of allylic oxidation sites excluding steroid dienone is 1. The molecule has 21 heavy (non-hydrogen) atoms. The predicted octanol–water partition coefficient (Wildman–Crippen LogP) is 3.97. The Morgan fingerprint density at radius 2 is 2.00 bits per heavy atom. The minimum atomic E-state index is -0.454. The molecule has 1 atom stereocenters. The third kappa shape index (κ3) is 2.47. The van der Waals surface area contributed by atoms with Crippen LogP contribution in [-0.2, 0) is 4.79 Å². The van der Waals surface area contributed by atoms with E-state index in [0.717, 1.165) is 23.0 Å². The Kier molecular flexibility index (Phi) is 3.57. The van der Waals surface area contributed by atoms with Gasteiger partial charge in [-0.05, 0) is 41.8 Å². The van der Waals surface area contributed by atoms with E-state index in [0.29, 0.717) is 17.9 Å². The van der Waals surface area contributed by atoms with E-state index < -0.39 is 5.92 Å². The van der Waals surface area contributed by atoms with Crippen LogP contribution < -0.4 is 4.74 Å². The minimum Gasteiger partial charge on any atom is -0.489 e. The second kappa shape index (κ2) is 5.52. The van der Waals surface area contributed by atoms with E-state index in [1.54, 1.807) is 6.07 Å². The molecule has 0 amide bonds. The van der Waals surface area contributed by atoms with Crippen molar-refractivity contribution >= 4 is 11.9 Å². The van der Waals surface area contributed by atoms with E-state index in [9.17, 15) is 9.18 Å². The average molecular weight is 282 g/mol. The summed E-state index contributed by atoms with van der Waals surface area (Å²) in [4.78, 5) is 11.6. The van der Waals surface area contributed by atoms with Gasteiger partial charge in [0.15, 0.2) is 0 Å². The summed E-state index contributed by atoms with van der Waals surface area (Å²) >= 11 is 0. The van der Waals surface area contributed by atoms with Crippen molar-refractivity contribution in [3.63, 3.8) is 0 Å². The zero-order valence-corrected chi connectivity index (χ0v) is 11.7. The summed E-state index contributed by atoms with van der Waals surface area (Å²) in [6.07, 6.45) is 0.864. The Bertz CT molecular complexity index is 704. The summed E-state index contributed by atoms with van der Waals surface area (Å²) in [6, 6.07) is 14.1. The lowest BCUT2D eigenvalue weighted by molar-refractivity contribution is -0.108. The quantitative estimate of drug-likeness (QED) is 0.779. The van der Waals surface area contributed by atoms with Crippen LogP contribution in [0.5, 0.6) is 5.75 Å². The minimum absolute atomic E-state index is 0.350. The highest BCUT2D eigenvalue weighted by atomic mass is 19.1. The predicted molar refractivity (Wildman–Crippen MR) is 79.7 cm³/mol. The number of rotatable bonds is 2. The number of hydrogen-bond donors (Lipinski definition) is 0. The number of hydrogen-bond acceptors (Lipinski definition) is 2. The second-order valence-electron chi connectivity index (χ2n) is 5.10. The van der Waals surface area contributed by atoms with Crippen LogP contribution in [0.1, 0.15) is 24.0 Å². The molecule has 3 rings (SSSR count). The molecule has 2 aromatic carbocycles. The highest BCUT2D eigenvalue weighted by molar-refractivity contribution is 5.79. The molecule has 0 radical (unpaired) electrons. The first-order chi connectivity index (χ1) is 10.2. The van der Waals surface area contributed by atoms with Gasteiger partial charge < -0.3 is 9.53 Å². The van der Waals surface area contributed by atoms with Crippen LogP contribution >= 0.6 is 0 Å². The fourth-order valence-corrected chi connectivity index (χ4v) is 2.70. The number of halogens is 1. The summed E-state index contributed by atoms with van der Waals surface area (Å²) in [7, 11) is 0. The first-order valence-electron chi connectivity index (χ1n) is 6.83. The van der Waals surface area contributed by atoms with Crippen LogP contribution in [0.2, 0.25) is 0 Å². The monoisotopic (exact) mass is 282 g/mol. The molecule has 3 heteroatoms. The molecule has 0 fully saturated rings. The van der Waals surface area contributed by atoms with Crippen molar-refractivity contribution in [1.29, 1.82) is 0 Å². The maximum absolute atomic E-state index is 13.5. The SMILES string of the molecule is CC(=C1COc2ccc(F)cc2C1C=O)c1ccccc1. The maximum Gasteiger partial charge on any atom is 0.131 e.